The fraction of sp³-hybridized carbons (Fsp3) is 0.615. The standard InChI is InChI=1S/C26H34N6O2/c1-26(2)9-8-17-18(15-26)20-21-22(34-25(20)30-24(17)32-11-3-4-12-32)23(29-16-28-21)27-10-6-14-31-13-5-7-19(31)33/h16H,3-15H2,1-2H3,(H,27,28,29). The van der Waals surface area contributed by atoms with Crippen molar-refractivity contribution in [3.63, 3.8) is 0 Å². The molecule has 0 aromatic carbocycles. The fourth-order valence-electron chi connectivity index (χ4n) is 5.92. The van der Waals surface area contributed by atoms with Crippen LogP contribution in [0.4, 0.5) is 11.6 Å². The molecule has 8 heteroatoms. The second-order valence-corrected chi connectivity index (χ2v) is 10.9. The molecule has 8 nitrogen and oxygen atoms in total. The van der Waals surface area contributed by atoms with Gasteiger partial charge in [-0.25, -0.2) is 9.97 Å². The zero-order chi connectivity index (χ0) is 23.3. The van der Waals surface area contributed by atoms with E-state index in [1.54, 1.807) is 6.33 Å². The Morgan fingerprint density at radius 1 is 1.09 bits per heavy atom. The van der Waals surface area contributed by atoms with Gasteiger partial charge >= 0.3 is 0 Å². The minimum absolute atomic E-state index is 0.244. The highest BCUT2D eigenvalue weighted by atomic mass is 16.3. The quantitative estimate of drug-likeness (QED) is 0.546. The molecule has 0 bridgehead atoms. The van der Waals surface area contributed by atoms with E-state index >= 15 is 0 Å². The summed E-state index contributed by atoms with van der Waals surface area (Å²) < 4.78 is 6.38. The van der Waals surface area contributed by atoms with E-state index in [1.165, 1.54) is 30.4 Å². The molecule has 3 aliphatic rings. The van der Waals surface area contributed by atoms with Crippen LogP contribution in [-0.2, 0) is 17.6 Å². The number of nitrogens with zero attached hydrogens (tertiary/aromatic N) is 5. The molecule has 0 unspecified atom stereocenters. The molecule has 1 amide bonds. The third-order valence-corrected chi connectivity index (χ3v) is 7.78. The van der Waals surface area contributed by atoms with Crippen LogP contribution < -0.4 is 10.2 Å². The Balaban J connectivity index is 1.35. The van der Waals surface area contributed by atoms with Crippen LogP contribution >= 0.6 is 0 Å². The van der Waals surface area contributed by atoms with Crippen molar-refractivity contribution in [2.75, 3.05) is 42.9 Å². The summed E-state index contributed by atoms with van der Waals surface area (Å²) in [5.41, 5.74) is 5.22. The molecule has 0 saturated carbocycles. The molecule has 0 spiro atoms. The van der Waals surface area contributed by atoms with Gasteiger partial charge < -0.3 is 19.5 Å². The zero-order valence-electron chi connectivity index (χ0n) is 20.3. The molecule has 2 aliphatic heterocycles. The molecule has 0 radical (unpaired) electrons. The SMILES string of the molecule is CC1(C)CCc2c(N3CCCC3)nc3oc4c(NCCCN5CCCC5=O)ncnc4c3c2C1. The van der Waals surface area contributed by atoms with Gasteiger partial charge in [-0.3, -0.25) is 4.79 Å². The molecular formula is C26H34N6O2. The number of pyridine rings is 1. The predicted molar refractivity (Wildman–Crippen MR) is 133 cm³/mol. The van der Waals surface area contributed by atoms with E-state index < -0.39 is 0 Å². The van der Waals surface area contributed by atoms with Crippen molar-refractivity contribution >= 4 is 39.7 Å². The van der Waals surface area contributed by atoms with E-state index in [4.69, 9.17) is 9.40 Å². The molecule has 6 rings (SSSR count). The lowest BCUT2D eigenvalue weighted by molar-refractivity contribution is -0.127. The van der Waals surface area contributed by atoms with Crippen molar-refractivity contribution in [2.24, 2.45) is 5.41 Å². The molecule has 1 N–H and O–H groups in total. The summed E-state index contributed by atoms with van der Waals surface area (Å²) in [7, 11) is 0. The summed E-state index contributed by atoms with van der Waals surface area (Å²) in [4.78, 5) is 30.5. The number of amides is 1. The highest BCUT2D eigenvalue weighted by Crippen LogP contribution is 2.44. The summed E-state index contributed by atoms with van der Waals surface area (Å²) >= 11 is 0. The van der Waals surface area contributed by atoms with E-state index in [1.807, 2.05) is 4.90 Å². The van der Waals surface area contributed by atoms with Crippen molar-refractivity contribution in [2.45, 2.75) is 65.2 Å². The van der Waals surface area contributed by atoms with E-state index in [0.717, 1.165) is 75.1 Å². The molecule has 2 saturated heterocycles. The molecule has 2 fully saturated rings. The molecular weight excluding hydrogens is 428 g/mol. The van der Waals surface area contributed by atoms with E-state index in [2.05, 4.69) is 34.0 Å². The Morgan fingerprint density at radius 3 is 2.74 bits per heavy atom. The minimum atomic E-state index is 0.244. The Kier molecular flexibility index (Phi) is 5.34. The molecule has 0 atom stereocenters. The number of rotatable bonds is 6. The maximum Gasteiger partial charge on any atom is 0.231 e. The summed E-state index contributed by atoms with van der Waals surface area (Å²) in [5.74, 6) is 2.10. The lowest BCUT2D eigenvalue weighted by atomic mass is 9.73. The maximum atomic E-state index is 11.9. The first-order chi connectivity index (χ1) is 16.5. The van der Waals surface area contributed by atoms with Gasteiger partial charge in [-0.2, -0.15) is 4.98 Å². The smallest absolute Gasteiger partial charge is 0.231 e. The Labute approximate surface area is 200 Å². The number of fused-ring (bicyclic) bond motifs is 5. The predicted octanol–water partition coefficient (Wildman–Crippen LogP) is 4.31. The Morgan fingerprint density at radius 2 is 1.94 bits per heavy atom. The van der Waals surface area contributed by atoms with Gasteiger partial charge in [0.15, 0.2) is 11.4 Å². The second-order valence-electron chi connectivity index (χ2n) is 10.9. The summed E-state index contributed by atoms with van der Waals surface area (Å²) in [5, 5.41) is 4.50. The van der Waals surface area contributed by atoms with Crippen LogP contribution in [0, 0.1) is 5.41 Å². The second kappa shape index (κ2) is 8.40. The van der Waals surface area contributed by atoms with Crippen molar-refractivity contribution < 1.29 is 9.21 Å². The van der Waals surface area contributed by atoms with Crippen LogP contribution in [0.3, 0.4) is 0 Å². The molecule has 3 aromatic rings. The van der Waals surface area contributed by atoms with Gasteiger partial charge in [0.1, 0.15) is 17.7 Å². The zero-order valence-corrected chi connectivity index (χ0v) is 20.3. The Bertz CT molecular complexity index is 1240. The first-order valence-corrected chi connectivity index (χ1v) is 12.9. The van der Waals surface area contributed by atoms with E-state index in [9.17, 15) is 4.79 Å². The van der Waals surface area contributed by atoms with Crippen LogP contribution in [0.5, 0.6) is 0 Å². The number of furan rings is 1. The van der Waals surface area contributed by atoms with Crippen LogP contribution in [0.25, 0.3) is 22.2 Å². The highest BCUT2D eigenvalue weighted by molar-refractivity contribution is 6.07. The van der Waals surface area contributed by atoms with Gasteiger partial charge in [-0.05, 0) is 61.5 Å². The lowest BCUT2D eigenvalue weighted by Crippen LogP contribution is -2.27. The molecule has 5 heterocycles. The van der Waals surface area contributed by atoms with Crippen LogP contribution in [0.15, 0.2) is 10.7 Å². The largest absolute Gasteiger partial charge is 0.432 e. The van der Waals surface area contributed by atoms with Gasteiger partial charge in [0.2, 0.25) is 11.6 Å². The van der Waals surface area contributed by atoms with Gasteiger partial charge in [-0.1, -0.05) is 13.8 Å². The third kappa shape index (κ3) is 3.77. The van der Waals surface area contributed by atoms with Gasteiger partial charge in [0, 0.05) is 39.1 Å². The van der Waals surface area contributed by atoms with Gasteiger partial charge in [-0.15, -0.1) is 0 Å². The van der Waals surface area contributed by atoms with Gasteiger partial charge in [0.25, 0.3) is 0 Å². The number of carbonyl (C=O) groups is 1. The van der Waals surface area contributed by atoms with Gasteiger partial charge in [0.05, 0.1) is 5.39 Å². The third-order valence-electron chi connectivity index (χ3n) is 7.78. The number of hydrogen-bond acceptors (Lipinski definition) is 7. The molecule has 1 aliphatic carbocycles. The van der Waals surface area contributed by atoms with Crippen LogP contribution in [-0.4, -0.2) is 58.5 Å². The monoisotopic (exact) mass is 462 g/mol. The summed E-state index contributed by atoms with van der Waals surface area (Å²) in [6.07, 6.45) is 9.84. The number of carbonyl (C=O) groups excluding carboxylic acids is 1. The van der Waals surface area contributed by atoms with Crippen molar-refractivity contribution in [1.82, 2.24) is 19.9 Å². The van der Waals surface area contributed by atoms with Crippen LogP contribution in [0.2, 0.25) is 0 Å². The molecule has 34 heavy (non-hydrogen) atoms. The highest BCUT2D eigenvalue weighted by Gasteiger charge is 2.33. The van der Waals surface area contributed by atoms with Crippen molar-refractivity contribution in [3.8, 4) is 0 Å². The normalized spacial score (nSPS) is 20.0. The van der Waals surface area contributed by atoms with E-state index in [-0.39, 0.29) is 11.3 Å². The summed E-state index contributed by atoms with van der Waals surface area (Å²) in [6, 6.07) is 0. The van der Waals surface area contributed by atoms with Crippen molar-refractivity contribution in [1.29, 1.82) is 0 Å². The van der Waals surface area contributed by atoms with E-state index in [0.29, 0.717) is 23.5 Å². The number of likely N-dealkylation sites (tertiary alicyclic amines) is 1. The first kappa shape index (κ1) is 21.6. The number of aromatic nitrogens is 3. The molecule has 180 valence electrons. The number of hydrogen-bond donors (Lipinski definition) is 1. The summed E-state index contributed by atoms with van der Waals surface area (Å²) in [6.45, 7) is 9.24. The Hall–Kier alpha value is -2.90. The first-order valence-electron chi connectivity index (χ1n) is 12.9. The topological polar surface area (TPSA) is 87.4 Å². The average molecular weight is 463 g/mol. The molecule has 3 aromatic heterocycles. The van der Waals surface area contributed by atoms with Crippen molar-refractivity contribution in [3.05, 3.63) is 17.5 Å². The minimum Gasteiger partial charge on any atom is -0.432 e. The lowest BCUT2D eigenvalue weighted by Gasteiger charge is -2.33. The van der Waals surface area contributed by atoms with Crippen LogP contribution in [0.1, 0.15) is 63.5 Å². The average Bonchev–Trinajstić information content (AvgIpc) is 3.55. The number of nitrogens with one attached hydrogen (secondary N) is 1. The fourth-order valence-corrected chi connectivity index (χ4v) is 5.92. The number of anilines is 2. The maximum absolute atomic E-state index is 11.9.